The number of rotatable bonds is 3. The highest BCUT2D eigenvalue weighted by Gasteiger charge is 2.21. The van der Waals surface area contributed by atoms with E-state index in [9.17, 15) is 13.6 Å². The van der Waals surface area contributed by atoms with Crippen molar-refractivity contribution in [3.05, 3.63) is 47.7 Å². The number of benzene rings is 1. The van der Waals surface area contributed by atoms with Crippen molar-refractivity contribution in [2.45, 2.75) is 31.7 Å². The van der Waals surface area contributed by atoms with Crippen LogP contribution in [0.4, 0.5) is 14.6 Å². The second-order valence-corrected chi connectivity index (χ2v) is 5.21. The molecule has 110 valence electrons. The molecule has 1 N–H and O–H groups in total. The Bertz CT molecular complexity index is 642. The van der Waals surface area contributed by atoms with Gasteiger partial charge in [0.1, 0.15) is 17.5 Å². The summed E-state index contributed by atoms with van der Waals surface area (Å²) < 4.78 is 28.1. The topological polar surface area (TPSA) is 46.9 Å². The second kappa shape index (κ2) is 5.63. The van der Waals surface area contributed by atoms with Crippen molar-refractivity contribution in [2.24, 2.45) is 0 Å². The van der Waals surface area contributed by atoms with Crippen LogP contribution in [0.15, 0.2) is 30.5 Å². The molecule has 1 saturated carbocycles. The number of nitrogens with one attached hydrogen (secondary N) is 1. The van der Waals surface area contributed by atoms with Crippen molar-refractivity contribution in [1.29, 1.82) is 0 Å². The molecule has 1 aliphatic carbocycles. The molecule has 1 aromatic heterocycles. The molecule has 3 rings (SSSR count). The minimum absolute atomic E-state index is 0.0494. The highest BCUT2D eigenvalue weighted by Crippen LogP contribution is 2.31. The lowest BCUT2D eigenvalue weighted by Gasteiger charge is -2.14. The van der Waals surface area contributed by atoms with Crippen molar-refractivity contribution >= 4 is 11.7 Å². The summed E-state index contributed by atoms with van der Waals surface area (Å²) in [4.78, 5) is 12.1. The summed E-state index contributed by atoms with van der Waals surface area (Å²) in [5.74, 6) is -1.54. The average Bonchev–Trinajstić information content (AvgIpc) is 3.07. The molecule has 1 fully saturated rings. The Balaban J connectivity index is 1.80. The van der Waals surface area contributed by atoms with Crippen molar-refractivity contribution < 1.29 is 13.6 Å². The van der Waals surface area contributed by atoms with Crippen LogP contribution >= 0.6 is 0 Å². The summed E-state index contributed by atoms with van der Waals surface area (Å²) in [7, 11) is 0. The number of amides is 1. The first-order chi connectivity index (χ1) is 10.1. The zero-order chi connectivity index (χ0) is 14.8. The first-order valence-electron chi connectivity index (χ1n) is 6.94. The van der Waals surface area contributed by atoms with E-state index in [1.54, 1.807) is 16.9 Å². The maximum Gasteiger partial charge on any atom is 0.257 e. The van der Waals surface area contributed by atoms with E-state index >= 15 is 0 Å². The van der Waals surface area contributed by atoms with E-state index in [1.165, 1.54) is 0 Å². The quantitative estimate of drug-likeness (QED) is 0.940. The van der Waals surface area contributed by atoms with Gasteiger partial charge in [-0.15, -0.1) is 0 Å². The maximum atomic E-state index is 13.2. The molecule has 0 radical (unpaired) electrons. The van der Waals surface area contributed by atoms with Gasteiger partial charge in [-0.25, -0.2) is 13.5 Å². The van der Waals surface area contributed by atoms with Crippen LogP contribution in [-0.2, 0) is 0 Å². The highest BCUT2D eigenvalue weighted by atomic mass is 19.1. The van der Waals surface area contributed by atoms with Crippen molar-refractivity contribution in [3.8, 4) is 0 Å². The Morgan fingerprint density at radius 3 is 2.52 bits per heavy atom. The second-order valence-electron chi connectivity index (χ2n) is 5.21. The predicted octanol–water partition coefficient (Wildman–Crippen LogP) is 3.53. The monoisotopic (exact) mass is 291 g/mol. The van der Waals surface area contributed by atoms with E-state index in [2.05, 4.69) is 10.4 Å². The molecule has 1 amide bonds. The average molecular weight is 291 g/mol. The first-order valence-corrected chi connectivity index (χ1v) is 6.94. The number of hydrogen-bond donors (Lipinski definition) is 1. The molecule has 0 unspecified atom stereocenters. The summed E-state index contributed by atoms with van der Waals surface area (Å²) in [5.41, 5.74) is -0.0494. The zero-order valence-electron chi connectivity index (χ0n) is 11.4. The van der Waals surface area contributed by atoms with Crippen LogP contribution in [0.3, 0.4) is 0 Å². The number of aromatic nitrogens is 2. The fraction of sp³-hybridized carbons (Fsp3) is 0.333. The lowest BCUT2D eigenvalue weighted by atomic mass is 10.2. The van der Waals surface area contributed by atoms with Crippen LogP contribution in [0.2, 0.25) is 0 Å². The van der Waals surface area contributed by atoms with Gasteiger partial charge in [0, 0.05) is 17.7 Å². The van der Waals surface area contributed by atoms with E-state index in [1.807, 2.05) is 0 Å². The van der Waals surface area contributed by atoms with Gasteiger partial charge in [0.05, 0.1) is 12.2 Å². The Kier molecular flexibility index (Phi) is 3.68. The zero-order valence-corrected chi connectivity index (χ0v) is 11.4. The van der Waals surface area contributed by atoms with Crippen LogP contribution in [0.5, 0.6) is 0 Å². The lowest BCUT2D eigenvalue weighted by molar-refractivity contribution is 0.102. The number of carbonyl (C=O) groups is 1. The smallest absolute Gasteiger partial charge is 0.257 e. The largest absolute Gasteiger partial charge is 0.307 e. The molecule has 4 nitrogen and oxygen atoms in total. The lowest BCUT2D eigenvalue weighted by Crippen LogP contribution is -2.18. The number of anilines is 1. The molecule has 1 heterocycles. The molecule has 1 aliphatic rings. The summed E-state index contributed by atoms with van der Waals surface area (Å²) >= 11 is 0. The Hall–Kier alpha value is -2.24. The number of hydrogen-bond acceptors (Lipinski definition) is 2. The molecule has 0 aliphatic heterocycles. The maximum absolute atomic E-state index is 13.2. The number of carbonyl (C=O) groups excluding carboxylic acids is 1. The van der Waals surface area contributed by atoms with E-state index in [0.29, 0.717) is 5.82 Å². The van der Waals surface area contributed by atoms with Gasteiger partial charge >= 0.3 is 0 Å². The molecule has 1 aromatic carbocycles. The van der Waals surface area contributed by atoms with Crippen LogP contribution < -0.4 is 5.32 Å². The molecule has 0 bridgehead atoms. The van der Waals surface area contributed by atoms with Gasteiger partial charge in [-0.2, -0.15) is 5.10 Å². The Morgan fingerprint density at radius 2 is 1.86 bits per heavy atom. The molecule has 0 spiro atoms. The molecule has 6 heteroatoms. The fourth-order valence-electron chi connectivity index (χ4n) is 2.73. The molecule has 0 saturated heterocycles. The van der Waals surface area contributed by atoms with Crippen LogP contribution in [0.25, 0.3) is 0 Å². The summed E-state index contributed by atoms with van der Waals surface area (Å²) in [6.07, 6.45) is 5.96. The van der Waals surface area contributed by atoms with E-state index in [-0.39, 0.29) is 11.6 Å². The molecular weight excluding hydrogens is 276 g/mol. The van der Waals surface area contributed by atoms with Gasteiger partial charge in [0.25, 0.3) is 5.91 Å². The molecule has 21 heavy (non-hydrogen) atoms. The molecule has 0 atom stereocenters. The number of halogens is 2. The van der Waals surface area contributed by atoms with E-state index in [4.69, 9.17) is 0 Å². The van der Waals surface area contributed by atoms with Gasteiger partial charge in [-0.3, -0.25) is 4.79 Å². The molecular formula is C15H15F2N3O. The van der Waals surface area contributed by atoms with Gasteiger partial charge in [-0.1, -0.05) is 12.8 Å². The van der Waals surface area contributed by atoms with E-state index < -0.39 is 17.5 Å². The van der Waals surface area contributed by atoms with Gasteiger partial charge in [0.15, 0.2) is 0 Å². The van der Waals surface area contributed by atoms with Gasteiger partial charge in [-0.05, 0) is 25.0 Å². The van der Waals surface area contributed by atoms with Crippen LogP contribution in [-0.4, -0.2) is 15.7 Å². The predicted molar refractivity (Wildman–Crippen MR) is 74.0 cm³/mol. The third kappa shape index (κ3) is 2.94. The fourth-order valence-corrected chi connectivity index (χ4v) is 2.73. The van der Waals surface area contributed by atoms with E-state index in [0.717, 1.165) is 43.9 Å². The summed E-state index contributed by atoms with van der Waals surface area (Å²) in [6.45, 7) is 0. The highest BCUT2D eigenvalue weighted by molar-refractivity contribution is 6.03. The normalized spacial score (nSPS) is 15.3. The number of nitrogens with zero attached hydrogens (tertiary/aromatic N) is 2. The van der Waals surface area contributed by atoms with Gasteiger partial charge < -0.3 is 5.32 Å². The Morgan fingerprint density at radius 1 is 1.19 bits per heavy atom. The Labute approximate surface area is 120 Å². The summed E-state index contributed by atoms with van der Waals surface area (Å²) in [6, 6.07) is 4.72. The first kappa shape index (κ1) is 13.7. The van der Waals surface area contributed by atoms with Crippen molar-refractivity contribution in [2.75, 3.05) is 5.32 Å². The standard InChI is InChI=1S/C15H15F2N3O/c16-11-7-10(8-12(17)9-11)15(21)19-14-5-6-18-20(14)13-3-1-2-4-13/h5-9,13H,1-4H2,(H,19,21). The van der Waals surface area contributed by atoms with Crippen molar-refractivity contribution in [1.82, 2.24) is 9.78 Å². The summed E-state index contributed by atoms with van der Waals surface area (Å²) in [5, 5.41) is 6.90. The minimum Gasteiger partial charge on any atom is -0.307 e. The minimum atomic E-state index is -0.774. The third-order valence-corrected chi connectivity index (χ3v) is 3.71. The third-order valence-electron chi connectivity index (χ3n) is 3.71. The van der Waals surface area contributed by atoms with Crippen LogP contribution in [0.1, 0.15) is 42.1 Å². The van der Waals surface area contributed by atoms with Crippen LogP contribution in [0, 0.1) is 11.6 Å². The SMILES string of the molecule is O=C(Nc1ccnn1C1CCCC1)c1cc(F)cc(F)c1. The van der Waals surface area contributed by atoms with Crippen molar-refractivity contribution in [3.63, 3.8) is 0 Å². The molecule has 2 aromatic rings. The van der Waals surface area contributed by atoms with Gasteiger partial charge in [0.2, 0.25) is 0 Å².